The average Bonchev–Trinajstić information content (AvgIpc) is 2.97. The fourth-order valence-corrected chi connectivity index (χ4v) is 3.16. The van der Waals surface area contributed by atoms with Crippen molar-refractivity contribution in [2.75, 3.05) is 11.5 Å². The Morgan fingerprint density at radius 1 is 1.36 bits per heavy atom. The van der Waals surface area contributed by atoms with E-state index in [1.807, 2.05) is 11.8 Å². The van der Waals surface area contributed by atoms with E-state index in [0.717, 1.165) is 28.8 Å². The lowest BCUT2D eigenvalue weighted by Gasteiger charge is -2.04. The first-order chi connectivity index (χ1) is 6.87. The van der Waals surface area contributed by atoms with Gasteiger partial charge in [-0.15, -0.1) is 0 Å². The molecule has 4 aliphatic rings. The Labute approximate surface area is 86.1 Å². The minimum absolute atomic E-state index is 0.121. The molecule has 1 aliphatic carbocycles. The van der Waals surface area contributed by atoms with Gasteiger partial charge in [0.15, 0.2) is 23.2 Å². The van der Waals surface area contributed by atoms with Crippen LogP contribution in [0.2, 0.25) is 0 Å². The molecule has 0 spiro atoms. The molecule has 1 fully saturated rings. The molecule has 0 radical (unpaired) electrons. The molecule has 4 rings (SSSR count). The maximum Gasteiger partial charge on any atom is 0.214 e. The molecule has 3 nitrogen and oxygen atoms in total. The summed E-state index contributed by atoms with van der Waals surface area (Å²) in [7, 11) is 0. The predicted molar refractivity (Wildman–Crippen MR) is 51.4 cm³/mol. The van der Waals surface area contributed by atoms with Crippen molar-refractivity contribution in [3.05, 3.63) is 23.0 Å². The monoisotopic (exact) mass is 210 g/mol. The van der Waals surface area contributed by atoms with E-state index in [2.05, 4.69) is 6.92 Å². The van der Waals surface area contributed by atoms with Crippen molar-refractivity contribution in [2.45, 2.75) is 25.0 Å². The van der Waals surface area contributed by atoms with Crippen LogP contribution < -0.4 is 0 Å². The molecule has 2 atom stereocenters. The molecular weight excluding hydrogens is 200 g/mol. The lowest BCUT2D eigenvalue weighted by molar-refractivity contribution is 0.307. The van der Waals surface area contributed by atoms with Crippen molar-refractivity contribution >= 4 is 11.8 Å². The molecule has 0 amide bonds. The highest BCUT2D eigenvalue weighted by Crippen LogP contribution is 2.67. The van der Waals surface area contributed by atoms with E-state index >= 15 is 0 Å². The van der Waals surface area contributed by atoms with E-state index in [1.54, 1.807) is 0 Å². The molecule has 0 aromatic rings. The third-order valence-corrected chi connectivity index (χ3v) is 4.28. The molecule has 1 saturated heterocycles. The number of hydrogen-bond donors (Lipinski definition) is 0. The van der Waals surface area contributed by atoms with Crippen LogP contribution in [0, 0.1) is 0 Å². The van der Waals surface area contributed by atoms with E-state index < -0.39 is 0 Å². The molecular formula is C10H10O3S. The summed E-state index contributed by atoms with van der Waals surface area (Å²) in [5, 5.41) is 0. The van der Waals surface area contributed by atoms with Crippen LogP contribution in [0.5, 0.6) is 0 Å². The van der Waals surface area contributed by atoms with E-state index in [4.69, 9.17) is 14.2 Å². The largest absolute Gasteiger partial charge is 0.447 e. The molecule has 74 valence electrons. The fraction of sp³-hybridized carbons (Fsp3) is 0.600. The molecule has 0 aromatic carbocycles. The van der Waals surface area contributed by atoms with Gasteiger partial charge >= 0.3 is 0 Å². The fourth-order valence-electron chi connectivity index (χ4n) is 2.08. The van der Waals surface area contributed by atoms with Gasteiger partial charge in [-0.1, -0.05) is 6.92 Å². The number of fused-ring (bicyclic) bond motifs is 4. The maximum absolute atomic E-state index is 5.73. The van der Waals surface area contributed by atoms with Crippen molar-refractivity contribution in [2.24, 2.45) is 0 Å². The molecule has 0 N–H and O–H groups in total. The van der Waals surface area contributed by atoms with Gasteiger partial charge in [0.2, 0.25) is 11.5 Å². The van der Waals surface area contributed by atoms with Gasteiger partial charge in [0.1, 0.15) is 0 Å². The van der Waals surface area contributed by atoms with Crippen LogP contribution in [0.3, 0.4) is 0 Å². The normalized spacial score (nSPS) is 39.4. The van der Waals surface area contributed by atoms with Crippen LogP contribution in [0.25, 0.3) is 0 Å². The maximum atomic E-state index is 5.73. The highest BCUT2D eigenvalue weighted by molar-refractivity contribution is 7.99. The van der Waals surface area contributed by atoms with Crippen molar-refractivity contribution in [1.82, 2.24) is 0 Å². The summed E-state index contributed by atoms with van der Waals surface area (Å²) >= 11 is 1.93. The van der Waals surface area contributed by atoms with Crippen LogP contribution in [0.15, 0.2) is 23.0 Å². The molecule has 0 bridgehead atoms. The summed E-state index contributed by atoms with van der Waals surface area (Å²) in [5.74, 6) is 6.18. The summed E-state index contributed by atoms with van der Waals surface area (Å²) in [5.41, 5.74) is -0.121. The van der Waals surface area contributed by atoms with Crippen molar-refractivity contribution in [3.63, 3.8) is 0 Å². The highest BCUT2D eigenvalue weighted by atomic mass is 32.2. The zero-order valence-electron chi connectivity index (χ0n) is 7.83. The molecule has 3 heterocycles. The zero-order chi connectivity index (χ0) is 9.34. The van der Waals surface area contributed by atoms with Gasteiger partial charge in [0, 0.05) is 5.75 Å². The second-order valence-electron chi connectivity index (χ2n) is 4.00. The quantitative estimate of drug-likeness (QED) is 0.523. The number of ether oxygens (including phenoxy) is 3. The smallest absolute Gasteiger partial charge is 0.214 e. The Hall–Kier alpha value is -0.610. The van der Waals surface area contributed by atoms with Gasteiger partial charge in [-0.3, -0.25) is 0 Å². The SMILES string of the molecule is CCCSCC12OC1C1=C(O1)C1=C2O1. The van der Waals surface area contributed by atoms with E-state index in [0.29, 0.717) is 0 Å². The van der Waals surface area contributed by atoms with Crippen molar-refractivity contribution in [3.8, 4) is 0 Å². The Morgan fingerprint density at radius 3 is 3.14 bits per heavy atom. The lowest BCUT2D eigenvalue weighted by atomic mass is 10.0. The van der Waals surface area contributed by atoms with Crippen molar-refractivity contribution < 1.29 is 14.2 Å². The standard InChI is InChI=1S/C10H10O3S/c1-2-3-14-4-10-8-6(12-8)5-7(11-5)9(10)13-10/h9H,2-4H2,1H3. The molecule has 3 aliphatic heterocycles. The van der Waals surface area contributed by atoms with Gasteiger partial charge in [0.25, 0.3) is 0 Å². The van der Waals surface area contributed by atoms with Crippen LogP contribution in [0.4, 0.5) is 0 Å². The van der Waals surface area contributed by atoms with Gasteiger partial charge in [-0.25, -0.2) is 0 Å². The van der Waals surface area contributed by atoms with Crippen LogP contribution >= 0.6 is 11.8 Å². The summed E-state index contributed by atoms with van der Waals surface area (Å²) in [6.07, 6.45) is 1.39. The van der Waals surface area contributed by atoms with Gasteiger partial charge in [0.05, 0.1) is 0 Å². The van der Waals surface area contributed by atoms with Gasteiger partial charge < -0.3 is 14.2 Å². The van der Waals surface area contributed by atoms with Crippen LogP contribution in [0.1, 0.15) is 13.3 Å². The zero-order valence-corrected chi connectivity index (χ0v) is 8.65. The number of rotatable bonds is 4. The minimum Gasteiger partial charge on any atom is -0.447 e. The molecule has 0 aromatic heterocycles. The first-order valence-corrected chi connectivity index (χ1v) is 6.13. The number of hydrogen-bond acceptors (Lipinski definition) is 4. The highest BCUT2D eigenvalue weighted by Gasteiger charge is 2.76. The first-order valence-electron chi connectivity index (χ1n) is 4.97. The Kier molecular flexibility index (Phi) is 1.17. The summed E-state index contributed by atoms with van der Waals surface area (Å²) in [4.78, 5) is 0. The van der Waals surface area contributed by atoms with Crippen LogP contribution in [-0.4, -0.2) is 23.2 Å². The second kappa shape index (κ2) is 2.14. The minimum atomic E-state index is -0.121. The topological polar surface area (TPSA) is 37.6 Å². The van der Waals surface area contributed by atoms with Gasteiger partial charge in [-0.2, -0.15) is 11.8 Å². The van der Waals surface area contributed by atoms with E-state index in [1.165, 1.54) is 12.2 Å². The summed E-state index contributed by atoms with van der Waals surface area (Å²) in [6.45, 7) is 2.19. The predicted octanol–water partition coefficient (Wildman–Crippen LogP) is 1.76. The third kappa shape index (κ3) is 0.754. The van der Waals surface area contributed by atoms with E-state index in [-0.39, 0.29) is 11.7 Å². The Balaban J connectivity index is 1.54. The van der Waals surface area contributed by atoms with Crippen LogP contribution in [-0.2, 0) is 14.2 Å². The Morgan fingerprint density at radius 2 is 2.29 bits per heavy atom. The summed E-state index contributed by atoms with van der Waals surface area (Å²) in [6, 6.07) is 0. The van der Waals surface area contributed by atoms with E-state index in [9.17, 15) is 0 Å². The molecule has 0 saturated carbocycles. The van der Waals surface area contributed by atoms with Crippen molar-refractivity contribution in [1.29, 1.82) is 0 Å². The lowest BCUT2D eigenvalue weighted by Crippen LogP contribution is -2.18. The van der Waals surface area contributed by atoms with Gasteiger partial charge in [-0.05, 0) is 12.2 Å². The number of epoxide rings is 1. The molecule has 4 heteroatoms. The second-order valence-corrected chi connectivity index (χ2v) is 5.10. The third-order valence-electron chi connectivity index (χ3n) is 2.95. The molecule has 14 heavy (non-hydrogen) atoms. The Bertz CT molecular complexity index is 398. The summed E-state index contributed by atoms with van der Waals surface area (Å²) < 4.78 is 16.5. The molecule has 2 unspecified atom stereocenters. The first kappa shape index (κ1) is 7.65. The average molecular weight is 210 g/mol. The number of thioether (sulfide) groups is 1.